The summed E-state index contributed by atoms with van der Waals surface area (Å²) < 4.78 is 29.7. The molecule has 0 radical (unpaired) electrons. The Morgan fingerprint density at radius 2 is 1.98 bits per heavy atom. The number of hydrogen-bond donors (Lipinski definition) is 1. The highest BCUT2D eigenvalue weighted by Gasteiger charge is 2.40. The number of aromatic nitrogens is 3. The average Bonchev–Trinajstić information content (AvgIpc) is 3.76. The predicted molar refractivity (Wildman–Crippen MR) is 171 cm³/mol. The highest BCUT2D eigenvalue weighted by atomic mass is 32.2. The minimum atomic E-state index is -3.06. The SMILES string of the molecule is C=CC(=O)N1CCC[C@H]1c1ccc(N2C[C@H](CS(C)(=O)=O)[C@H]2C)c2cnc(Nc3ccnc(N4CC[C@H]5COC[C@H]54)n3)cc12. The van der Waals surface area contributed by atoms with Crippen LogP contribution in [0.3, 0.4) is 0 Å². The molecule has 12 heteroatoms. The summed E-state index contributed by atoms with van der Waals surface area (Å²) in [6.07, 6.45) is 9.22. The van der Waals surface area contributed by atoms with Gasteiger partial charge in [-0.3, -0.25) is 4.79 Å². The number of carbonyl (C=O) groups is 1. The van der Waals surface area contributed by atoms with Crippen molar-refractivity contribution in [2.45, 2.75) is 44.3 Å². The third-order valence-corrected chi connectivity index (χ3v) is 10.9. The van der Waals surface area contributed by atoms with Gasteiger partial charge in [-0.15, -0.1) is 0 Å². The fraction of sp³-hybridized carbons (Fsp3) is 0.500. The lowest BCUT2D eigenvalue weighted by Crippen LogP contribution is -2.57. The molecule has 0 aliphatic carbocycles. The molecular formula is C32H39N7O4S. The number of anilines is 4. The first-order valence-corrected chi connectivity index (χ1v) is 17.5. The lowest BCUT2D eigenvalue weighted by Gasteiger charge is -2.48. The van der Waals surface area contributed by atoms with Crippen LogP contribution in [0, 0.1) is 11.8 Å². The zero-order chi connectivity index (χ0) is 30.6. The van der Waals surface area contributed by atoms with Crippen LogP contribution in [0.2, 0.25) is 0 Å². The normalized spacial score (nSPS) is 26.6. The molecule has 4 fully saturated rings. The van der Waals surface area contributed by atoms with E-state index in [1.165, 1.54) is 12.3 Å². The molecule has 3 aromatic rings. The molecule has 7 rings (SSSR count). The zero-order valence-electron chi connectivity index (χ0n) is 25.2. The van der Waals surface area contributed by atoms with Crippen molar-refractivity contribution >= 4 is 49.8 Å². The van der Waals surface area contributed by atoms with Crippen molar-refractivity contribution in [3.05, 3.63) is 54.9 Å². The molecule has 1 aromatic carbocycles. The average molecular weight is 618 g/mol. The van der Waals surface area contributed by atoms with E-state index in [1.807, 2.05) is 23.2 Å². The smallest absolute Gasteiger partial charge is 0.246 e. The summed E-state index contributed by atoms with van der Waals surface area (Å²) >= 11 is 0. The van der Waals surface area contributed by atoms with Crippen molar-refractivity contribution in [2.75, 3.05) is 60.0 Å². The molecule has 44 heavy (non-hydrogen) atoms. The maximum atomic E-state index is 12.8. The number of hydrogen-bond acceptors (Lipinski definition) is 10. The van der Waals surface area contributed by atoms with E-state index in [0.29, 0.717) is 49.2 Å². The van der Waals surface area contributed by atoms with Gasteiger partial charge in [0.2, 0.25) is 11.9 Å². The Bertz CT molecular complexity index is 1720. The predicted octanol–water partition coefficient (Wildman–Crippen LogP) is 3.71. The molecule has 11 nitrogen and oxygen atoms in total. The van der Waals surface area contributed by atoms with Crippen molar-refractivity contribution in [1.29, 1.82) is 0 Å². The molecule has 0 saturated carbocycles. The molecule has 5 atom stereocenters. The Balaban J connectivity index is 1.23. The largest absolute Gasteiger partial charge is 0.379 e. The molecule has 4 aliphatic rings. The van der Waals surface area contributed by atoms with E-state index in [-0.39, 0.29) is 29.7 Å². The quantitative estimate of drug-likeness (QED) is 0.375. The lowest BCUT2D eigenvalue weighted by atomic mass is 9.89. The van der Waals surface area contributed by atoms with Crippen LogP contribution in [0.15, 0.2) is 49.3 Å². The van der Waals surface area contributed by atoms with Crippen LogP contribution in [-0.4, -0.2) is 91.1 Å². The van der Waals surface area contributed by atoms with Gasteiger partial charge in [0.05, 0.1) is 31.1 Å². The van der Waals surface area contributed by atoms with Crippen molar-refractivity contribution in [1.82, 2.24) is 19.9 Å². The monoisotopic (exact) mass is 617 g/mol. The molecule has 1 N–H and O–H groups in total. The van der Waals surface area contributed by atoms with Crippen molar-refractivity contribution in [3.63, 3.8) is 0 Å². The number of likely N-dealkylation sites (tertiary alicyclic amines) is 1. The second-order valence-corrected chi connectivity index (χ2v) is 14.8. The summed E-state index contributed by atoms with van der Waals surface area (Å²) in [7, 11) is -3.06. The number of nitrogens with zero attached hydrogens (tertiary/aromatic N) is 6. The second-order valence-electron chi connectivity index (χ2n) is 12.6. The maximum absolute atomic E-state index is 12.8. The van der Waals surface area contributed by atoms with Gasteiger partial charge in [0.1, 0.15) is 21.5 Å². The van der Waals surface area contributed by atoms with E-state index < -0.39 is 9.84 Å². The molecule has 4 saturated heterocycles. The lowest BCUT2D eigenvalue weighted by molar-refractivity contribution is -0.126. The molecule has 0 bridgehead atoms. The topological polar surface area (TPSA) is 121 Å². The van der Waals surface area contributed by atoms with Crippen molar-refractivity contribution < 1.29 is 17.9 Å². The Labute approximate surface area is 258 Å². The van der Waals surface area contributed by atoms with Gasteiger partial charge in [-0.25, -0.2) is 18.4 Å². The number of pyridine rings is 1. The summed E-state index contributed by atoms with van der Waals surface area (Å²) in [5.74, 6) is 2.72. The Kier molecular flexibility index (Phi) is 7.44. The van der Waals surface area contributed by atoms with Crippen LogP contribution in [0.1, 0.15) is 37.8 Å². The summed E-state index contributed by atoms with van der Waals surface area (Å²) in [5.41, 5.74) is 2.09. The van der Waals surface area contributed by atoms with E-state index in [9.17, 15) is 13.2 Å². The molecule has 6 heterocycles. The minimum absolute atomic E-state index is 0.0672. The number of ether oxygens (including phenoxy) is 1. The van der Waals surface area contributed by atoms with Gasteiger partial charge in [0, 0.05) is 67.2 Å². The summed E-state index contributed by atoms with van der Waals surface area (Å²) in [5, 5.41) is 5.39. The van der Waals surface area contributed by atoms with Crippen molar-refractivity contribution in [3.8, 4) is 0 Å². The summed E-state index contributed by atoms with van der Waals surface area (Å²) in [4.78, 5) is 33.4. The van der Waals surface area contributed by atoms with Gasteiger partial charge in [-0.05, 0) is 61.4 Å². The van der Waals surface area contributed by atoms with Crippen LogP contribution in [0.25, 0.3) is 10.8 Å². The first-order valence-electron chi connectivity index (χ1n) is 15.4. The van der Waals surface area contributed by atoms with Gasteiger partial charge in [-0.2, -0.15) is 4.98 Å². The van der Waals surface area contributed by atoms with E-state index in [0.717, 1.165) is 54.4 Å². The number of rotatable bonds is 8. The first-order chi connectivity index (χ1) is 21.2. The van der Waals surface area contributed by atoms with E-state index in [4.69, 9.17) is 14.7 Å². The maximum Gasteiger partial charge on any atom is 0.246 e. The molecule has 2 aromatic heterocycles. The van der Waals surface area contributed by atoms with Gasteiger partial charge in [0.15, 0.2) is 0 Å². The fourth-order valence-electron chi connectivity index (χ4n) is 7.53. The van der Waals surface area contributed by atoms with Crippen LogP contribution in [-0.2, 0) is 19.4 Å². The van der Waals surface area contributed by atoms with E-state index in [1.54, 1.807) is 6.20 Å². The van der Waals surface area contributed by atoms with Gasteiger partial charge in [0.25, 0.3) is 0 Å². The Hall–Kier alpha value is -3.77. The number of amides is 1. The van der Waals surface area contributed by atoms with Gasteiger partial charge < -0.3 is 24.8 Å². The van der Waals surface area contributed by atoms with Crippen LogP contribution in [0.5, 0.6) is 0 Å². The Morgan fingerprint density at radius 1 is 1.11 bits per heavy atom. The molecule has 0 spiro atoms. The van der Waals surface area contributed by atoms with Gasteiger partial charge in [-0.1, -0.05) is 12.6 Å². The fourth-order valence-corrected chi connectivity index (χ4v) is 8.69. The molecule has 232 valence electrons. The van der Waals surface area contributed by atoms with Crippen LogP contribution in [0.4, 0.5) is 23.3 Å². The van der Waals surface area contributed by atoms with Crippen LogP contribution < -0.4 is 15.1 Å². The third kappa shape index (κ3) is 5.27. The zero-order valence-corrected chi connectivity index (χ0v) is 26.0. The minimum Gasteiger partial charge on any atom is -0.379 e. The number of carbonyl (C=O) groups excluding carboxylic acids is 1. The number of nitrogens with one attached hydrogen (secondary N) is 1. The number of sulfone groups is 1. The summed E-state index contributed by atoms with van der Waals surface area (Å²) in [6, 6.07) is 8.43. The van der Waals surface area contributed by atoms with E-state index in [2.05, 4.69) is 45.7 Å². The number of fused-ring (bicyclic) bond motifs is 2. The first kappa shape index (κ1) is 29.0. The number of benzene rings is 1. The molecular weight excluding hydrogens is 578 g/mol. The van der Waals surface area contributed by atoms with E-state index >= 15 is 0 Å². The van der Waals surface area contributed by atoms with Crippen molar-refractivity contribution in [2.24, 2.45) is 11.8 Å². The van der Waals surface area contributed by atoms with Crippen LogP contribution >= 0.6 is 0 Å². The highest BCUT2D eigenvalue weighted by molar-refractivity contribution is 7.90. The standard InChI is InChI=1S/C32H39N7O4S/c1-4-31(40)37-12-5-6-26(37)23-7-8-27(39-16-22(20(39)2)19-44(3,41)42)25-15-34-30(14-24(23)25)35-29-9-11-33-32(36-29)38-13-10-21-17-43-18-28(21)38/h4,7-9,11,14-15,20-22,26,28H,1,5-6,10,12-13,16-19H2,2-3H3,(H,33,34,35,36)/t20-,21+,22-,26+,28-/m1/s1. The summed E-state index contributed by atoms with van der Waals surface area (Å²) in [6.45, 7) is 9.59. The highest BCUT2D eigenvalue weighted by Crippen LogP contribution is 2.43. The third-order valence-electron chi connectivity index (χ3n) is 9.87. The Morgan fingerprint density at radius 3 is 2.77 bits per heavy atom. The molecule has 0 unspecified atom stereocenters. The van der Waals surface area contributed by atoms with Gasteiger partial charge >= 0.3 is 0 Å². The second kappa shape index (κ2) is 11.3. The molecule has 4 aliphatic heterocycles. The molecule has 1 amide bonds.